The maximum absolute atomic E-state index is 11.6. The standard InChI is InChI=1S/C12H20N2O6/c1-4-8(15)13-7-9(16)14-10(11(17)19-5-2)12(18)20-6-3/h10H,4-7H2,1-3H3,(H,13,15)(H,14,16). The maximum Gasteiger partial charge on any atom is 0.340 e. The fraction of sp³-hybridized carbons (Fsp3) is 0.667. The molecule has 0 spiro atoms. The smallest absolute Gasteiger partial charge is 0.340 e. The molecule has 2 amide bonds. The minimum absolute atomic E-state index is 0.0666. The molecule has 0 aromatic rings. The van der Waals surface area contributed by atoms with Crippen LogP contribution in [-0.4, -0.2) is 49.6 Å². The van der Waals surface area contributed by atoms with E-state index in [9.17, 15) is 19.2 Å². The van der Waals surface area contributed by atoms with Crippen molar-refractivity contribution in [2.75, 3.05) is 19.8 Å². The van der Waals surface area contributed by atoms with Crippen LogP contribution in [0, 0.1) is 0 Å². The molecule has 0 bridgehead atoms. The van der Waals surface area contributed by atoms with Crippen molar-refractivity contribution in [3.8, 4) is 0 Å². The molecule has 114 valence electrons. The molecule has 0 saturated heterocycles. The molecule has 0 aliphatic carbocycles. The molecule has 0 aromatic heterocycles. The molecule has 0 atom stereocenters. The van der Waals surface area contributed by atoms with Crippen molar-refractivity contribution >= 4 is 23.8 Å². The minimum atomic E-state index is -1.53. The molecule has 0 aromatic carbocycles. The lowest BCUT2D eigenvalue weighted by Crippen LogP contribution is -2.50. The summed E-state index contributed by atoms with van der Waals surface area (Å²) < 4.78 is 9.35. The van der Waals surface area contributed by atoms with Gasteiger partial charge >= 0.3 is 11.9 Å². The molecular formula is C12H20N2O6. The van der Waals surface area contributed by atoms with Gasteiger partial charge in [0.25, 0.3) is 0 Å². The summed E-state index contributed by atoms with van der Waals surface area (Å²) in [5, 5.41) is 4.49. The van der Waals surface area contributed by atoms with Gasteiger partial charge in [-0.25, -0.2) is 9.59 Å². The number of carbonyl (C=O) groups is 4. The van der Waals surface area contributed by atoms with E-state index in [1.807, 2.05) is 0 Å². The van der Waals surface area contributed by atoms with Gasteiger partial charge in [-0.2, -0.15) is 0 Å². The highest BCUT2D eigenvalue weighted by Gasteiger charge is 2.31. The van der Waals surface area contributed by atoms with Crippen LogP contribution in [0.25, 0.3) is 0 Å². The van der Waals surface area contributed by atoms with Crippen molar-refractivity contribution in [1.82, 2.24) is 10.6 Å². The first-order valence-electron chi connectivity index (χ1n) is 6.35. The van der Waals surface area contributed by atoms with Crippen LogP contribution in [-0.2, 0) is 28.7 Å². The Hall–Kier alpha value is -2.12. The SMILES string of the molecule is CCOC(=O)C(NC(=O)CNC(=O)CC)C(=O)OCC. The van der Waals surface area contributed by atoms with Crippen molar-refractivity contribution in [2.45, 2.75) is 33.2 Å². The second kappa shape index (κ2) is 9.76. The number of esters is 2. The van der Waals surface area contributed by atoms with E-state index in [-0.39, 0.29) is 32.1 Å². The third-order valence-electron chi connectivity index (χ3n) is 2.12. The summed E-state index contributed by atoms with van der Waals surface area (Å²) in [4.78, 5) is 45.7. The van der Waals surface area contributed by atoms with Crippen LogP contribution >= 0.6 is 0 Å². The van der Waals surface area contributed by atoms with Crippen LogP contribution in [0.2, 0.25) is 0 Å². The molecule has 0 aliphatic heterocycles. The van der Waals surface area contributed by atoms with Gasteiger partial charge in [-0.1, -0.05) is 6.92 Å². The van der Waals surface area contributed by atoms with Gasteiger partial charge in [0, 0.05) is 6.42 Å². The van der Waals surface area contributed by atoms with Gasteiger partial charge in [0.15, 0.2) is 0 Å². The topological polar surface area (TPSA) is 111 Å². The van der Waals surface area contributed by atoms with E-state index in [2.05, 4.69) is 20.1 Å². The van der Waals surface area contributed by atoms with Gasteiger partial charge in [-0.05, 0) is 13.8 Å². The van der Waals surface area contributed by atoms with Crippen LogP contribution in [0.1, 0.15) is 27.2 Å². The van der Waals surface area contributed by atoms with Crippen LogP contribution in [0.3, 0.4) is 0 Å². The van der Waals surface area contributed by atoms with Crippen molar-refractivity contribution in [2.24, 2.45) is 0 Å². The summed E-state index contributed by atoms with van der Waals surface area (Å²) in [5.41, 5.74) is 0. The van der Waals surface area contributed by atoms with E-state index >= 15 is 0 Å². The third kappa shape index (κ3) is 6.72. The highest BCUT2D eigenvalue weighted by atomic mass is 16.6. The normalized spacial score (nSPS) is 9.80. The Kier molecular flexibility index (Phi) is 8.73. The van der Waals surface area contributed by atoms with Crippen molar-refractivity contribution in [3.63, 3.8) is 0 Å². The summed E-state index contributed by atoms with van der Waals surface area (Å²) in [6.07, 6.45) is 0.229. The van der Waals surface area contributed by atoms with E-state index in [1.54, 1.807) is 20.8 Å². The molecule has 0 unspecified atom stereocenters. The summed E-state index contributed by atoms with van der Waals surface area (Å²) >= 11 is 0. The molecule has 0 heterocycles. The van der Waals surface area contributed by atoms with Gasteiger partial charge in [0.2, 0.25) is 17.9 Å². The zero-order valence-electron chi connectivity index (χ0n) is 11.9. The number of carbonyl (C=O) groups excluding carboxylic acids is 4. The molecule has 0 saturated carbocycles. The molecule has 0 radical (unpaired) electrons. The van der Waals surface area contributed by atoms with E-state index in [1.165, 1.54) is 0 Å². The second-order valence-corrected chi connectivity index (χ2v) is 3.63. The van der Waals surface area contributed by atoms with Crippen LogP contribution in [0.15, 0.2) is 0 Å². The van der Waals surface area contributed by atoms with E-state index in [4.69, 9.17) is 0 Å². The molecule has 8 heteroatoms. The van der Waals surface area contributed by atoms with E-state index in [0.29, 0.717) is 0 Å². The average molecular weight is 288 g/mol. The molecule has 8 nitrogen and oxygen atoms in total. The fourth-order valence-corrected chi connectivity index (χ4v) is 1.18. The highest BCUT2D eigenvalue weighted by Crippen LogP contribution is 1.94. The maximum atomic E-state index is 11.6. The quantitative estimate of drug-likeness (QED) is 0.443. The lowest BCUT2D eigenvalue weighted by atomic mass is 10.3. The zero-order chi connectivity index (χ0) is 15.5. The van der Waals surface area contributed by atoms with Crippen LogP contribution in [0.5, 0.6) is 0 Å². The fourth-order valence-electron chi connectivity index (χ4n) is 1.18. The predicted octanol–water partition coefficient (Wildman–Crippen LogP) is -0.876. The van der Waals surface area contributed by atoms with Crippen LogP contribution in [0.4, 0.5) is 0 Å². The van der Waals surface area contributed by atoms with Crippen molar-refractivity contribution < 1.29 is 28.7 Å². The van der Waals surface area contributed by atoms with Gasteiger partial charge < -0.3 is 20.1 Å². The lowest BCUT2D eigenvalue weighted by molar-refractivity contribution is -0.159. The second-order valence-electron chi connectivity index (χ2n) is 3.63. The Morgan fingerprint density at radius 1 is 0.900 bits per heavy atom. The predicted molar refractivity (Wildman–Crippen MR) is 68.5 cm³/mol. The number of ether oxygens (including phenoxy) is 2. The van der Waals surface area contributed by atoms with E-state index in [0.717, 1.165) is 0 Å². The Labute approximate surface area is 117 Å². The van der Waals surface area contributed by atoms with Crippen molar-refractivity contribution in [1.29, 1.82) is 0 Å². The summed E-state index contributed by atoms with van der Waals surface area (Å²) in [7, 11) is 0. The largest absolute Gasteiger partial charge is 0.464 e. The Bertz CT molecular complexity index is 351. The first-order chi connectivity index (χ1) is 9.46. The first kappa shape index (κ1) is 17.9. The summed E-state index contributed by atoms with van der Waals surface area (Å²) in [6, 6.07) is -1.53. The number of amides is 2. The minimum Gasteiger partial charge on any atom is -0.464 e. The molecule has 0 aliphatic rings. The molecule has 0 rings (SSSR count). The Balaban J connectivity index is 4.55. The lowest BCUT2D eigenvalue weighted by Gasteiger charge is -2.15. The summed E-state index contributed by atoms with van der Waals surface area (Å²) in [6.45, 7) is 4.58. The first-order valence-corrected chi connectivity index (χ1v) is 6.35. The number of hydrogen-bond acceptors (Lipinski definition) is 6. The Morgan fingerprint density at radius 3 is 1.80 bits per heavy atom. The summed E-state index contributed by atoms with van der Waals surface area (Å²) in [5.74, 6) is -2.80. The van der Waals surface area contributed by atoms with Crippen LogP contribution < -0.4 is 10.6 Å². The average Bonchev–Trinajstić information content (AvgIpc) is 2.42. The molecular weight excluding hydrogens is 268 g/mol. The van der Waals surface area contributed by atoms with Gasteiger partial charge in [0.1, 0.15) is 0 Å². The third-order valence-corrected chi connectivity index (χ3v) is 2.12. The molecule has 0 fully saturated rings. The zero-order valence-corrected chi connectivity index (χ0v) is 11.9. The number of hydrogen-bond donors (Lipinski definition) is 2. The van der Waals surface area contributed by atoms with Crippen molar-refractivity contribution in [3.05, 3.63) is 0 Å². The number of rotatable bonds is 8. The van der Waals surface area contributed by atoms with Gasteiger partial charge in [-0.3, -0.25) is 9.59 Å². The number of nitrogens with one attached hydrogen (secondary N) is 2. The van der Waals surface area contributed by atoms with E-state index < -0.39 is 23.9 Å². The van der Waals surface area contributed by atoms with Gasteiger partial charge in [-0.15, -0.1) is 0 Å². The Morgan fingerprint density at radius 2 is 1.40 bits per heavy atom. The monoisotopic (exact) mass is 288 g/mol. The molecule has 2 N–H and O–H groups in total. The molecule has 20 heavy (non-hydrogen) atoms. The highest BCUT2D eigenvalue weighted by molar-refractivity contribution is 6.02. The van der Waals surface area contributed by atoms with Gasteiger partial charge in [0.05, 0.1) is 19.8 Å².